The molecule has 1 N–H and O–H groups in total. The fourth-order valence-corrected chi connectivity index (χ4v) is 3.56. The summed E-state index contributed by atoms with van der Waals surface area (Å²) < 4.78 is 1.90. The molecular formula is C20H27N7O2. The Kier molecular flexibility index (Phi) is 6.61. The van der Waals surface area contributed by atoms with Crippen LogP contribution < -0.4 is 5.43 Å². The van der Waals surface area contributed by atoms with Crippen molar-refractivity contribution in [3.8, 4) is 5.69 Å². The zero-order chi connectivity index (χ0) is 20.8. The van der Waals surface area contributed by atoms with Crippen LogP contribution in [0.3, 0.4) is 0 Å². The predicted molar refractivity (Wildman–Crippen MR) is 115 cm³/mol. The number of nitrogens with one attached hydrogen (secondary N) is 1. The molecule has 1 unspecified atom stereocenters. The number of nitro groups is 1. The number of hydrogen-bond donors (Lipinski definition) is 1. The van der Waals surface area contributed by atoms with Crippen molar-refractivity contribution >= 4 is 17.9 Å². The van der Waals surface area contributed by atoms with Gasteiger partial charge in [0.1, 0.15) is 5.69 Å². The molecular weight excluding hydrogens is 370 g/mol. The fourth-order valence-electron chi connectivity index (χ4n) is 3.56. The molecule has 0 spiro atoms. The van der Waals surface area contributed by atoms with Crippen LogP contribution in [0.5, 0.6) is 0 Å². The number of hydrogen-bond acceptors (Lipinski definition) is 5. The van der Waals surface area contributed by atoms with Crippen molar-refractivity contribution in [2.24, 2.45) is 10.1 Å². The summed E-state index contributed by atoms with van der Waals surface area (Å²) in [4.78, 5) is 19.4. The van der Waals surface area contributed by atoms with E-state index in [0.717, 1.165) is 25.1 Å². The monoisotopic (exact) mass is 397 g/mol. The Morgan fingerprint density at radius 3 is 2.86 bits per heavy atom. The molecule has 0 aliphatic carbocycles. The van der Waals surface area contributed by atoms with Crippen LogP contribution in [0.15, 0.2) is 52.7 Å². The van der Waals surface area contributed by atoms with E-state index in [4.69, 9.17) is 0 Å². The van der Waals surface area contributed by atoms with Crippen molar-refractivity contribution in [3.63, 3.8) is 0 Å². The first-order valence-corrected chi connectivity index (χ1v) is 9.58. The first-order chi connectivity index (χ1) is 14.0. The molecule has 9 nitrogen and oxygen atoms in total. The molecule has 2 aromatic rings. The minimum Gasteiger partial charge on any atom is -0.348 e. The second-order valence-electron chi connectivity index (χ2n) is 7.13. The van der Waals surface area contributed by atoms with Gasteiger partial charge in [0.05, 0.1) is 4.92 Å². The minimum absolute atomic E-state index is 0.101. The zero-order valence-corrected chi connectivity index (χ0v) is 17.0. The summed E-state index contributed by atoms with van der Waals surface area (Å²) in [6, 6.07) is 11.0. The van der Waals surface area contributed by atoms with Crippen molar-refractivity contribution in [2.75, 3.05) is 27.7 Å². The lowest BCUT2D eigenvalue weighted by Gasteiger charge is -2.22. The van der Waals surface area contributed by atoms with Gasteiger partial charge in [0.2, 0.25) is 5.96 Å². The van der Waals surface area contributed by atoms with Crippen LogP contribution in [-0.2, 0) is 6.54 Å². The quantitative estimate of drug-likeness (QED) is 0.350. The summed E-state index contributed by atoms with van der Waals surface area (Å²) in [7, 11) is 5.53. The number of rotatable bonds is 6. The molecule has 1 fully saturated rings. The second kappa shape index (κ2) is 9.33. The molecule has 1 aliphatic heterocycles. The molecule has 1 atom stereocenters. The maximum atomic E-state index is 11.4. The Balaban J connectivity index is 1.74. The summed E-state index contributed by atoms with van der Waals surface area (Å²) in [6.45, 7) is 1.65. The molecule has 0 radical (unpaired) electrons. The van der Waals surface area contributed by atoms with E-state index in [0.29, 0.717) is 18.2 Å². The number of nitro benzene ring substituents is 1. The van der Waals surface area contributed by atoms with E-state index in [1.54, 1.807) is 19.2 Å². The third-order valence-corrected chi connectivity index (χ3v) is 5.00. The minimum atomic E-state index is -0.340. The Hall–Kier alpha value is -3.20. The van der Waals surface area contributed by atoms with Gasteiger partial charge in [-0.05, 0) is 37.6 Å². The van der Waals surface area contributed by atoms with Crippen LogP contribution in [0.1, 0.15) is 18.5 Å². The van der Waals surface area contributed by atoms with Gasteiger partial charge in [-0.3, -0.25) is 20.0 Å². The third kappa shape index (κ3) is 4.80. The van der Waals surface area contributed by atoms with Gasteiger partial charge >= 0.3 is 0 Å². The standard InChI is InChI=1S/C20H27N7O2/c1-21-20(24(2)3)23-22-14-16-8-6-12-25(16)15-17-9-7-13-26(17)18-10-4-5-11-19(18)27(28)29/h4-5,7,9-11,13-14,16H,6,8,12,15H2,1-3H3,(H,21,23)/b22-14+. The van der Waals surface area contributed by atoms with Crippen LogP contribution in [0.25, 0.3) is 5.69 Å². The number of para-hydroxylation sites is 2. The molecule has 3 rings (SSSR count). The molecule has 1 aliphatic rings. The zero-order valence-electron chi connectivity index (χ0n) is 17.0. The summed E-state index contributed by atoms with van der Waals surface area (Å²) >= 11 is 0. The lowest BCUT2D eigenvalue weighted by molar-refractivity contribution is -0.384. The molecule has 29 heavy (non-hydrogen) atoms. The first kappa shape index (κ1) is 20.5. The van der Waals surface area contributed by atoms with Crippen molar-refractivity contribution in [2.45, 2.75) is 25.4 Å². The molecule has 154 valence electrons. The molecule has 1 aromatic heterocycles. The lowest BCUT2D eigenvalue weighted by atomic mass is 10.2. The Labute approximate surface area is 170 Å². The Morgan fingerprint density at radius 2 is 2.14 bits per heavy atom. The SMILES string of the molecule is CN=C(N/N=C/C1CCCN1Cc1cccn1-c1ccccc1[N+](=O)[O-])N(C)C. The highest BCUT2D eigenvalue weighted by Crippen LogP contribution is 2.26. The topological polar surface area (TPSA) is 91.3 Å². The summed E-state index contributed by atoms with van der Waals surface area (Å²) in [5, 5.41) is 15.8. The van der Waals surface area contributed by atoms with Crippen LogP contribution in [0.2, 0.25) is 0 Å². The highest BCUT2D eigenvalue weighted by Gasteiger charge is 2.25. The van der Waals surface area contributed by atoms with E-state index in [1.165, 1.54) is 6.07 Å². The van der Waals surface area contributed by atoms with Crippen LogP contribution >= 0.6 is 0 Å². The number of hydrazone groups is 1. The van der Waals surface area contributed by atoms with E-state index < -0.39 is 0 Å². The number of benzene rings is 1. The van der Waals surface area contributed by atoms with E-state index in [-0.39, 0.29) is 16.7 Å². The number of nitrogens with zero attached hydrogens (tertiary/aromatic N) is 6. The van der Waals surface area contributed by atoms with Gasteiger partial charge < -0.3 is 9.47 Å². The third-order valence-electron chi connectivity index (χ3n) is 5.00. The first-order valence-electron chi connectivity index (χ1n) is 9.58. The van der Waals surface area contributed by atoms with Gasteiger partial charge in [0.25, 0.3) is 5.69 Å². The maximum Gasteiger partial charge on any atom is 0.293 e. The number of aliphatic imine (C=N–C) groups is 1. The molecule has 0 bridgehead atoms. The molecule has 1 aromatic carbocycles. The number of guanidine groups is 1. The largest absolute Gasteiger partial charge is 0.348 e. The Morgan fingerprint density at radius 1 is 1.34 bits per heavy atom. The van der Waals surface area contributed by atoms with Crippen LogP contribution in [0, 0.1) is 10.1 Å². The average Bonchev–Trinajstić information content (AvgIpc) is 3.34. The van der Waals surface area contributed by atoms with Crippen molar-refractivity contribution < 1.29 is 4.92 Å². The Bertz CT molecular complexity index is 904. The van der Waals surface area contributed by atoms with Crippen LogP contribution in [0.4, 0.5) is 5.69 Å². The summed E-state index contributed by atoms with van der Waals surface area (Å²) in [5.41, 5.74) is 4.66. The van der Waals surface area contributed by atoms with Gasteiger partial charge in [-0.25, -0.2) is 5.43 Å². The van der Waals surface area contributed by atoms with Gasteiger partial charge in [0, 0.05) is 57.9 Å². The predicted octanol–water partition coefficient (Wildman–Crippen LogP) is 2.47. The molecule has 0 saturated carbocycles. The molecule has 0 amide bonds. The fraction of sp³-hybridized carbons (Fsp3) is 0.400. The van der Waals surface area contributed by atoms with E-state index in [2.05, 4.69) is 20.4 Å². The highest BCUT2D eigenvalue weighted by molar-refractivity contribution is 5.80. The molecule has 9 heteroatoms. The van der Waals surface area contributed by atoms with Crippen molar-refractivity contribution in [3.05, 3.63) is 58.4 Å². The molecule has 1 saturated heterocycles. The summed E-state index contributed by atoms with van der Waals surface area (Å²) in [5.74, 6) is 0.691. The lowest BCUT2D eigenvalue weighted by Crippen LogP contribution is -2.35. The summed E-state index contributed by atoms with van der Waals surface area (Å²) in [6.07, 6.45) is 5.91. The normalized spacial score (nSPS) is 17.8. The van der Waals surface area contributed by atoms with Gasteiger partial charge in [-0.1, -0.05) is 12.1 Å². The van der Waals surface area contributed by atoms with E-state index in [9.17, 15) is 10.1 Å². The average molecular weight is 397 g/mol. The van der Waals surface area contributed by atoms with Gasteiger partial charge in [-0.2, -0.15) is 5.10 Å². The van der Waals surface area contributed by atoms with Crippen molar-refractivity contribution in [1.82, 2.24) is 19.8 Å². The van der Waals surface area contributed by atoms with Crippen molar-refractivity contribution in [1.29, 1.82) is 0 Å². The number of likely N-dealkylation sites (tertiary alicyclic amines) is 1. The smallest absolute Gasteiger partial charge is 0.293 e. The maximum absolute atomic E-state index is 11.4. The van der Waals surface area contributed by atoms with E-state index >= 15 is 0 Å². The van der Waals surface area contributed by atoms with Gasteiger partial charge in [-0.15, -0.1) is 0 Å². The van der Waals surface area contributed by atoms with Crippen LogP contribution in [-0.4, -0.2) is 65.2 Å². The number of aromatic nitrogens is 1. The highest BCUT2D eigenvalue weighted by atomic mass is 16.6. The molecule has 2 heterocycles. The second-order valence-corrected chi connectivity index (χ2v) is 7.13. The van der Waals surface area contributed by atoms with E-state index in [1.807, 2.05) is 54.2 Å². The van der Waals surface area contributed by atoms with Gasteiger partial charge in [0.15, 0.2) is 0 Å².